The van der Waals surface area contributed by atoms with Gasteiger partial charge in [0.1, 0.15) is 5.69 Å². The zero-order valence-electron chi connectivity index (χ0n) is 9.09. The van der Waals surface area contributed by atoms with Gasteiger partial charge in [0.25, 0.3) is 6.43 Å². The molecule has 0 aliphatic carbocycles. The van der Waals surface area contributed by atoms with E-state index in [0.717, 1.165) is 0 Å². The largest absolute Gasteiger partial charge is 0.501 e. The zero-order chi connectivity index (χ0) is 13.9. The van der Waals surface area contributed by atoms with Gasteiger partial charge < -0.3 is 9.84 Å². The predicted molar refractivity (Wildman–Crippen MR) is 53.5 cm³/mol. The maximum atomic E-state index is 12.6. The molecule has 0 unspecified atom stereocenters. The van der Waals surface area contributed by atoms with E-state index < -0.39 is 40.0 Å². The van der Waals surface area contributed by atoms with Crippen molar-refractivity contribution in [2.45, 2.75) is 13.3 Å². The summed E-state index contributed by atoms with van der Waals surface area (Å²) in [7, 11) is 0. The van der Waals surface area contributed by atoms with Crippen molar-refractivity contribution in [1.29, 1.82) is 0 Å². The molecule has 9 heteroatoms. The van der Waals surface area contributed by atoms with E-state index in [4.69, 9.17) is 0 Å². The van der Waals surface area contributed by atoms with E-state index in [1.165, 1.54) is 6.92 Å². The average molecular weight is 262 g/mol. The topological polar surface area (TPSA) is 103 Å². The van der Waals surface area contributed by atoms with Gasteiger partial charge in [-0.3, -0.25) is 10.1 Å². The molecule has 0 aromatic carbocycles. The summed E-state index contributed by atoms with van der Waals surface area (Å²) in [5.74, 6) is -2.31. The van der Waals surface area contributed by atoms with E-state index in [1.807, 2.05) is 0 Å². The van der Waals surface area contributed by atoms with Crippen LogP contribution in [0.1, 0.15) is 29.4 Å². The van der Waals surface area contributed by atoms with Gasteiger partial charge >= 0.3 is 11.7 Å². The molecule has 0 fully saturated rings. The Labute approximate surface area is 99.2 Å². The van der Waals surface area contributed by atoms with Crippen molar-refractivity contribution in [2.75, 3.05) is 6.61 Å². The number of carbonyl (C=O) groups is 1. The van der Waals surface area contributed by atoms with Crippen molar-refractivity contribution in [3.8, 4) is 5.75 Å². The fourth-order valence-electron chi connectivity index (χ4n) is 1.26. The van der Waals surface area contributed by atoms with Gasteiger partial charge in [0.2, 0.25) is 5.75 Å². The average Bonchev–Trinajstić information content (AvgIpc) is 2.27. The summed E-state index contributed by atoms with van der Waals surface area (Å²) in [6.07, 6.45) is -2.72. The van der Waals surface area contributed by atoms with E-state index in [9.17, 15) is 28.8 Å². The lowest BCUT2D eigenvalue weighted by Crippen LogP contribution is -2.13. The van der Waals surface area contributed by atoms with Crippen molar-refractivity contribution < 1.29 is 28.3 Å². The predicted octanol–water partition coefficient (Wildman–Crippen LogP) is 1.81. The van der Waals surface area contributed by atoms with Crippen molar-refractivity contribution in [1.82, 2.24) is 4.98 Å². The molecule has 0 saturated heterocycles. The number of carbonyl (C=O) groups excluding carboxylic acids is 1. The van der Waals surface area contributed by atoms with Crippen LogP contribution in [0.15, 0.2) is 6.20 Å². The number of hydrogen-bond acceptors (Lipinski definition) is 6. The highest BCUT2D eigenvalue weighted by molar-refractivity contribution is 5.96. The Bertz CT molecular complexity index is 492. The molecule has 7 nitrogen and oxygen atoms in total. The Kier molecular flexibility index (Phi) is 4.08. The molecule has 1 aromatic heterocycles. The third-order valence-corrected chi connectivity index (χ3v) is 1.93. The summed E-state index contributed by atoms with van der Waals surface area (Å²) in [5, 5.41) is 19.9. The second-order valence-corrected chi connectivity index (χ2v) is 3.03. The van der Waals surface area contributed by atoms with Gasteiger partial charge in [0.15, 0.2) is 5.56 Å². The summed E-state index contributed by atoms with van der Waals surface area (Å²) in [5.41, 5.74) is -3.27. The van der Waals surface area contributed by atoms with Crippen LogP contribution in [0.25, 0.3) is 0 Å². The number of nitro groups is 1. The lowest BCUT2D eigenvalue weighted by atomic mass is 10.1. The van der Waals surface area contributed by atoms with E-state index in [1.54, 1.807) is 0 Å². The zero-order valence-corrected chi connectivity index (χ0v) is 9.09. The van der Waals surface area contributed by atoms with Gasteiger partial charge in [-0.05, 0) is 6.92 Å². The first-order valence-corrected chi connectivity index (χ1v) is 4.71. The monoisotopic (exact) mass is 262 g/mol. The van der Waals surface area contributed by atoms with Crippen LogP contribution in [0.3, 0.4) is 0 Å². The van der Waals surface area contributed by atoms with Gasteiger partial charge in [-0.25, -0.2) is 18.6 Å². The highest BCUT2D eigenvalue weighted by Gasteiger charge is 2.33. The summed E-state index contributed by atoms with van der Waals surface area (Å²) in [4.78, 5) is 24.1. The number of aromatic nitrogens is 1. The fraction of sp³-hybridized carbons (Fsp3) is 0.333. The highest BCUT2D eigenvalue weighted by atomic mass is 19.3. The number of hydrogen-bond donors (Lipinski definition) is 1. The van der Waals surface area contributed by atoms with Crippen LogP contribution in [0.5, 0.6) is 5.75 Å². The number of esters is 1. The summed E-state index contributed by atoms with van der Waals surface area (Å²) in [6, 6.07) is 0. The molecule has 0 atom stereocenters. The number of alkyl halides is 2. The number of rotatable bonds is 4. The Morgan fingerprint density at radius 3 is 2.72 bits per heavy atom. The minimum Gasteiger partial charge on any atom is -0.501 e. The van der Waals surface area contributed by atoms with Gasteiger partial charge in [0.05, 0.1) is 17.7 Å². The molecule has 0 amide bonds. The van der Waals surface area contributed by atoms with Crippen LogP contribution in [0.4, 0.5) is 14.5 Å². The van der Waals surface area contributed by atoms with E-state index >= 15 is 0 Å². The molecule has 98 valence electrons. The highest BCUT2D eigenvalue weighted by Crippen LogP contribution is 2.35. The van der Waals surface area contributed by atoms with Gasteiger partial charge in [-0.15, -0.1) is 0 Å². The van der Waals surface area contributed by atoms with E-state index in [2.05, 4.69) is 9.72 Å². The van der Waals surface area contributed by atoms with Crippen molar-refractivity contribution in [2.24, 2.45) is 0 Å². The first kappa shape index (κ1) is 13.7. The van der Waals surface area contributed by atoms with Gasteiger partial charge in [-0.1, -0.05) is 0 Å². The fourth-order valence-corrected chi connectivity index (χ4v) is 1.26. The normalized spacial score (nSPS) is 10.4. The molecular weight excluding hydrogens is 254 g/mol. The number of nitrogens with zero attached hydrogens (tertiary/aromatic N) is 2. The molecule has 0 radical (unpaired) electrons. The van der Waals surface area contributed by atoms with Crippen molar-refractivity contribution >= 4 is 11.7 Å². The Hall–Kier alpha value is -2.32. The first-order chi connectivity index (χ1) is 8.40. The molecule has 0 spiro atoms. The molecule has 1 N–H and O–H groups in total. The number of ether oxygens (including phenoxy) is 1. The standard InChI is InChI=1S/C9H8F2N2O5/c1-2-18-9(15)5-6(8(10)11)12-3-4(14)7(5)13(16)17/h3,8,14H,2H2,1H3. The second kappa shape index (κ2) is 5.34. The van der Waals surface area contributed by atoms with E-state index in [-0.39, 0.29) is 6.61 Å². The molecule has 1 aromatic rings. The molecule has 1 heterocycles. The molecule has 1 rings (SSSR count). The number of halogens is 2. The van der Waals surface area contributed by atoms with Gasteiger partial charge in [0, 0.05) is 0 Å². The summed E-state index contributed by atoms with van der Waals surface area (Å²) >= 11 is 0. The lowest BCUT2D eigenvalue weighted by Gasteiger charge is -2.08. The van der Waals surface area contributed by atoms with Crippen molar-refractivity contribution in [3.63, 3.8) is 0 Å². The molecule has 18 heavy (non-hydrogen) atoms. The lowest BCUT2D eigenvalue weighted by molar-refractivity contribution is -0.386. The summed E-state index contributed by atoms with van der Waals surface area (Å²) in [6.45, 7) is 1.25. The third kappa shape index (κ3) is 2.50. The van der Waals surface area contributed by atoms with Crippen LogP contribution >= 0.6 is 0 Å². The van der Waals surface area contributed by atoms with Gasteiger partial charge in [-0.2, -0.15) is 0 Å². The number of aromatic hydroxyl groups is 1. The Balaban J connectivity index is 3.53. The van der Waals surface area contributed by atoms with E-state index in [0.29, 0.717) is 6.20 Å². The second-order valence-electron chi connectivity index (χ2n) is 3.03. The van der Waals surface area contributed by atoms with Crippen LogP contribution in [0.2, 0.25) is 0 Å². The molecule has 0 aliphatic heterocycles. The van der Waals surface area contributed by atoms with Crippen LogP contribution < -0.4 is 0 Å². The Morgan fingerprint density at radius 1 is 1.67 bits per heavy atom. The summed E-state index contributed by atoms with van der Waals surface area (Å²) < 4.78 is 29.7. The van der Waals surface area contributed by atoms with Crippen LogP contribution in [0, 0.1) is 10.1 Å². The minimum absolute atomic E-state index is 0.158. The Morgan fingerprint density at radius 2 is 2.28 bits per heavy atom. The first-order valence-electron chi connectivity index (χ1n) is 4.71. The van der Waals surface area contributed by atoms with Crippen LogP contribution in [-0.4, -0.2) is 27.6 Å². The molecule has 0 bridgehead atoms. The molecule has 0 saturated carbocycles. The smallest absolute Gasteiger partial charge is 0.347 e. The minimum atomic E-state index is -3.20. The maximum absolute atomic E-state index is 12.6. The maximum Gasteiger partial charge on any atom is 0.347 e. The molecule has 0 aliphatic rings. The van der Waals surface area contributed by atoms with Crippen molar-refractivity contribution in [3.05, 3.63) is 27.6 Å². The number of pyridine rings is 1. The van der Waals surface area contributed by atoms with Crippen LogP contribution in [-0.2, 0) is 4.74 Å². The SMILES string of the molecule is CCOC(=O)c1c(C(F)F)ncc(O)c1[N+](=O)[O-]. The molecular formula is C9H8F2N2O5. The quantitative estimate of drug-likeness (QED) is 0.504. The third-order valence-electron chi connectivity index (χ3n) is 1.93.